The topological polar surface area (TPSA) is 66.5 Å². The lowest BCUT2D eigenvalue weighted by Gasteiger charge is -2.14. The van der Waals surface area contributed by atoms with Gasteiger partial charge in [0.2, 0.25) is 5.91 Å². The van der Waals surface area contributed by atoms with Crippen LogP contribution >= 0.6 is 11.8 Å². The molecular weight excluding hydrogens is 324 g/mol. The molecule has 0 radical (unpaired) electrons. The largest absolute Gasteiger partial charge is 0.356 e. The first-order chi connectivity index (χ1) is 11.6. The molecule has 0 bridgehead atoms. The van der Waals surface area contributed by atoms with Crippen LogP contribution in [0.4, 0.5) is 0 Å². The molecule has 0 saturated carbocycles. The van der Waals surface area contributed by atoms with Crippen molar-refractivity contribution < 1.29 is 14.4 Å². The van der Waals surface area contributed by atoms with Crippen molar-refractivity contribution in [3.8, 4) is 0 Å². The van der Waals surface area contributed by atoms with E-state index < -0.39 is 0 Å². The van der Waals surface area contributed by atoms with Crippen molar-refractivity contribution in [2.45, 2.75) is 65.2 Å². The number of imide groups is 1. The molecular formula is C18H30N2O3S. The Bertz CT molecular complexity index is 463. The molecule has 0 spiro atoms. The van der Waals surface area contributed by atoms with E-state index in [4.69, 9.17) is 0 Å². The number of hydrogen-bond acceptors (Lipinski definition) is 4. The van der Waals surface area contributed by atoms with Gasteiger partial charge in [-0.1, -0.05) is 33.1 Å². The van der Waals surface area contributed by atoms with E-state index in [0.29, 0.717) is 17.9 Å². The van der Waals surface area contributed by atoms with Gasteiger partial charge in [0.1, 0.15) is 0 Å². The molecule has 0 aromatic rings. The van der Waals surface area contributed by atoms with Crippen LogP contribution in [0.1, 0.15) is 65.2 Å². The summed E-state index contributed by atoms with van der Waals surface area (Å²) in [5.74, 6) is 0.588. The van der Waals surface area contributed by atoms with Crippen LogP contribution in [-0.2, 0) is 14.4 Å². The lowest BCUT2D eigenvalue weighted by molar-refractivity contribution is -0.137. The van der Waals surface area contributed by atoms with Crippen LogP contribution in [0.5, 0.6) is 0 Å². The van der Waals surface area contributed by atoms with Crippen LogP contribution in [0.25, 0.3) is 0 Å². The quantitative estimate of drug-likeness (QED) is 0.407. The van der Waals surface area contributed by atoms with Crippen molar-refractivity contribution in [3.05, 3.63) is 11.0 Å². The molecule has 0 aliphatic carbocycles. The maximum absolute atomic E-state index is 12.1. The van der Waals surface area contributed by atoms with Gasteiger partial charge >= 0.3 is 0 Å². The third-order valence-corrected chi connectivity index (χ3v) is 5.04. The smallest absolute Gasteiger partial charge is 0.267 e. The summed E-state index contributed by atoms with van der Waals surface area (Å²) in [7, 11) is 0. The number of unbranched alkanes of at least 4 members (excludes halogenated alkanes) is 4. The molecule has 24 heavy (non-hydrogen) atoms. The van der Waals surface area contributed by atoms with Gasteiger partial charge in [-0.05, 0) is 31.4 Å². The highest BCUT2D eigenvalue weighted by molar-refractivity contribution is 8.04. The minimum atomic E-state index is -0.202. The summed E-state index contributed by atoms with van der Waals surface area (Å²) in [5, 5.41) is 2.92. The molecule has 1 rings (SSSR count). The van der Waals surface area contributed by atoms with Gasteiger partial charge in [0, 0.05) is 25.6 Å². The van der Waals surface area contributed by atoms with Gasteiger partial charge in [-0.3, -0.25) is 19.3 Å². The molecule has 0 unspecified atom stereocenters. The number of carbonyl (C=O) groups is 3. The van der Waals surface area contributed by atoms with E-state index in [0.717, 1.165) is 57.2 Å². The third-order valence-electron chi connectivity index (χ3n) is 3.83. The number of rotatable bonds is 13. The number of nitrogens with one attached hydrogen (secondary N) is 1. The Hall–Kier alpha value is -1.30. The Morgan fingerprint density at radius 3 is 2.58 bits per heavy atom. The molecule has 6 heteroatoms. The normalized spacial score (nSPS) is 14.2. The third kappa shape index (κ3) is 7.51. The average molecular weight is 355 g/mol. The van der Waals surface area contributed by atoms with Gasteiger partial charge in [-0.25, -0.2) is 0 Å². The standard InChI is InChI=1S/C18H30N2O3S/c1-3-5-8-11-19-16(21)10-7-6-9-12-20-17(22)14-15(18(20)23)24-13-4-2/h14H,3-13H2,1-2H3,(H,19,21). The number of thioether (sulfide) groups is 1. The number of amides is 3. The van der Waals surface area contributed by atoms with E-state index >= 15 is 0 Å². The van der Waals surface area contributed by atoms with Crippen molar-refractivity contribution in [1.29, 1.82) is 0 Å². The predicted octanol–water partition coefficient (Wildman–Crippen LogP) is 3.25. The highest BCUT2D eigenvalue weighted by Crippen LogP contribution is 2.25. The molecule has 1 aliphatic rings. The number of hydrogen-bond donors (Lipinski definition) is 1. The zero-order chi connectivity index (χ0) is 17.8. The Balaban J connectivity index is 2.12. The number of carbonyl (C=O) groups excluding carboxylic acids is 3. The molecule has 0 fully saturated rings. The Morgan fingerprint density at radius 1 is 1.08 bits per heavy atom. The van der Waals surface area contributed by atoms with Crippen LogP contribution < -0.4 is 5.32 Å². The van der Waals surface area contributed by atoms with Gasteiger partial charge in [0.25, 0.3) is 11.8 Å². The van der Waals surface area contributed by atoms with Crippen molar-refractivity contribution in [2.24, 2.45) is 0 Å². The Morgan fingerprint density at radius 2 is 1.88 bits per heavy atom. The van der Waals surface area contributed by atoms with Gasteiger partial charge in [-0.15, -0.1) is 11.8 Å². The molecule has 5 nitrogen and oxygen atoms in total. The van der Waals surface area contributed by atoms with Gasteiger partial charge in [0.05, 0.1) is 4.91 Å². The van der Waals surface area contributed by atoms with E-state index in [1.165, 1.54) is 22.7 Å². The fraction of sp³-hybridized carbons (Fsp3) is 0.722. The predicted molar refractivity (Wildman–Crippen MR) is 98.6 cm³/mol. The summed E-state index contributed by atoms with van der Waals surface area (Å²) >= 11 is 1.45. The summed E-state index contributed by atoms with van der Waals surface area (Å²) in [4.78, 5) is 37.5. The lowest BCUT2D eigenvalue weighted by atomic mass is 10.1. The van der Waals surface area contributed by atoms with Crippen LogP contribution in [0.2, 0.25) is 0 Å². The Kier molecular flexibility index (Phi) is 10.5. The zero-order valence-corrected chi connectivity index (χ0v) is 15.8. The zero-order valence-electron chi connectivity index (χ0n) is 14.9. The first kappa shape index (κ1) is 20.7. The van der Waals surface area contributed by atoms with Crippen molar-refractivity contribution in [3.63, 3.8) is 0 Å². The maximum atomic E-state index is 12.1. The van der Waals surface area contributed by atoms with Crippen molar-refractivity contribution >= 4 is 29.5 Å². The molecule has 1 heterocycles. The van der Waals surface area contributed by atoms with E-state index in [9.17, 15) is 14.4 Å². The first-order valence-corrected chi connectivity index (χ1v) is 10.1. The monoisotopic (exact) mass is 354 g/mol. The molecule has 3 amide bonds. The molecule has 136 valence electrons. The fourth-order valence-corrected chi connectivity index (χ4v) is 3.28. The summed E-state index contributed by atoms with van der Waals surface area (Å²) in [6.07, 6.45) is 8.66. The first-order valence-electron chi connectivity index (χ1n) is 9.07. The maximum Gasteiger partial charge on any atom is 0.267 e. The second-order valence-corrected chi connectivity index (χ2v) is 7.16. The van der Waals surface area contributed by atoms with Gasteiger partial charge < -0.3 is 5.32 Å². The van der Waals surface area contributed by atoms with Crippen LogP contribution in [0, 0.1) is 0 Å². The van der Waals surface area contributed by atoms with Gasteiger partial charge in [-0.2, -0.15) is 0 Å². The average Bonchev–Trinajstić information content (AvgIpc) is 2.83. The summed E-state index contributed by atoms with van der Waals surface area (Å²) in [6.45, 7) is 5.39. The molecule has 1 N–H and O–H groups in total. The second-order valence-electron chi connectivity index (χ2n) is 6.02. The molecule has 0 saturated heterocycles. The summed E-state index contributed by atoms with van der Waals surface area (Å²) < 4.78 is 0. The van der Waals surface area contributed by atoms with E-state index in [1.54, 1.807) is 0 Å². The fourth-order valence-electron chi connectivity index (χ4n) is 2.44. The number of nitrogens with zero attached hydrogens (tertiary/aromatic N) is 1. The summed E-state index contributed by atoms with van der Waals surface area (Å²) in [6, 6.07) is 0. The second kappa shape index (κ2) is 12.1. The van der Waals surface area contributed by atoms with Crippen LogP contribution in [0.15, 0.2) is 11.0 Å². The molecule has 0 atom stereocenters. The Labute approximate surface area is 149 Å². The minimum absolute atomic E-state index is 0.0966. The van der Waals surface area contributed by atoms with E-state index in [1.807, 2.05) is 6.92 Å². The van der Waals surface area contributed by atoms with Crippen LogP contribution in [-0.4, -0.2) is 41.5 Å². The SMILES string of the molecule is CCCCCNC(=O)CCCCCN1C(=O)C=C(SCCC)C1=O. The van der Waals surface area contributed by atoms with E-state index in [2.05, 4.69) is 12.2 Å². The molecule has 0 aromatic heterocycles. The van der Waals surface area contributed by atoms with Gasteiger partial charge in [0.15, 0.2) is 0 Å². The summed E-state index contributed by atoms with van der Waals surface area (Å²) in [5.41, 5.74) is 0. The van der Waals surface area contributed by atoms with Crippen molar-refractivity contribution in [2.75, 3.05) is 18.8 Å². The highest BCUT2D eigenvalue weighted by atomic mass is 32.2. The minimum Gasteiger partial charge on any atom is -0.356 e. The highest BCUT2D eigenvalue weighted by Gasteiger charge is 2.30. The van der Waals surface area contributed by atoms with E-state index in [-0.39, 0.29) is 17.7 Å². The lowest BCUT2D eigenvalue weighted by Crippen LogP contribution is -2.31. The van der Waals surface area contributed by atoms with Crippen LogP contribution in [0.3, 0.4) is 0 Å². The van der Waals surface area contributed by atoms with Crippen molar-refractivity contribution in [1.82, 2.24) is 10.2 Å². The molecule has 0 aromatic carbocycles. The molecule has 1 aliphatic heterocycles.